The summed E-state index contributed by atoms with van der Waals surface area (Å²) in [5.41, 5.74) is 2.74. The zero-order valence-corrected chi connectivity index (χ0v) is 17.4. The van der Waals surface area contributed by atoms with Crippen LogP contribution in [0.15, 0.2) is 35.7 Å². The topological polar surface area (TPSA) is 81.8 Å². The maximum Gasteiger partial charge on any atom is 0.255 e. The van der Waals surface area contributed by atoms with Crippen LogP contribution in [0, 0.1) is 0 Å². The van der Waals surface area contributed by atoms with Crippen molar-refractivity contribution in [3.63, 3.8) is 0 Å². The highest BCUT2D eigenvalue weighted by Gasteiger charge is 2.39. The average Bonchev–Trinajstić information content (AvgIpc) is 3.38. The molecule has 30 heavy (non-hydrogen) atoms. The Balaban J connectivity index is 1.28. The molecule has 3 aliphatic heterocycles. The van der Waals surface area contributed by atoms with Gasteiger partial charge in [0.15, 0.2) is 0 Å². The molecule has 0 aliphatic carbocycles. The molecule has 5 rings (SSSR count). The molecule has 1 aromatic carbocycles. The standard InChI is InChI=1S/C22H24N4O3S/c27-20-6-5-18(21(28)24-20)26-12-15-4-3-14(10-16(15)22(26)29)11-25-8-7-23-17(13-25)19-2-1-9-30-19/h1-4,9-10,17-18,23H,5-8,11-13H2,(H,24,27,28). The number of piperidine rings is 1. The van der Waals surface area contributed by atoms with Gasteiger partial charge in [-0.05, 0) is 35.1 Å². The van der Waals surface area contributed by atoms with Crippen molar-refractivity contribution < 1.29 is 14.4 Å². The molecule has 0 spiro atoms. The van der Waals surface area contributed by atoms with E-state index in [-0.39, 0.29) is 24.1 Å². The van der Waals surface area contributed by atoms with E-state index in [0.717, 1.165) is 37.3 Å². The highest BCUT2D eigenvalue weighted by Crippen LogP contribution is 2.29. The Morgan fingerprint density at radius 1 is 1.17 bits per heavy atom. The van der Waals surface area contributed by atoms with E-state index in [2.05, 4.69) is 39.1 Å². The monoisotopic (exact) mass is 424 g/mol. The van der Waals surface area contributed by atoms with Crippen LogP contribution in [-0.4, -0.2) is 53.2 Å². The van der Waals surface area contributed by atoms with Crippen molar-refractivity contribution in [1.29, 1.82) is 0 Å². The summed E-state index contributed by atoms with van der Waals surface area (Å²) < 4.78 is 0. The van der Waals surface area contributed by atoms with Crippen molar-refractivity contribution in [2.45, 2.75) is 38.0 Å². The van der Waals surface area contributed by atoms with Crippen molar-refractivity contribution in [3.05, 3.63) is 57.3 Å². The molecule has 7 nitrogen and oxygen atoms in total. The summed E-state index contributed by atoms with van der Waals surface area (Å²) >= 11 is 1.78. The second-order valence-corrected chi connectivity index (χ2v) is 9.13. The summed E-state index contributed by atoms with van der Waals surface area (Å²) in [5.74, 6) is -0.745. The molecule has 2 aromatic rings. The molecular weight excluding hydrogens is 400 g/mol. The summed E-state index contributed by atoms with van der Waals surface area (Å²) in [6.07, 6.45) is 0.665. The smallest absolute Gasteiger partial charge is 0.255 e. The fraction of sp³-hybridized carbons (Fsp3) is 0.409. The third kappa shape index (κ3) is 3.66. The van der Waals surface area contributed by atoms with Gasteiger partial charge in [-0.25, -0.2) is 0 Å². The zero-order valence-electron chi connectivity index (χ0n) is 16.6. The molecule has 0 saturated carbocycles. The molecule has 1 aromatic heterocycles. The van der Waals surface area contributed by atoms with Crippen LogP contribution in [0.2, 0.25) is 0 Å². The van der Waals surface area contributed by atoms with E-state index in [1.54, 1.807) is 16.2 Å². The van der Waals surface area contributed by atoms with Gasteiger partial charge in [0.1, 0.15) is 6.04 Å². The lowest BCUT2D eigenvalue weighted by molar-refractivity contribution is -0.136. The van der Waals surface area contributed by atoms with Gasteiger partial charge in [0.2, 0.25) is 11.8 Å². The molecular formula is C22H24N4O3S. The number of nitrogens with zero attached hydrogens (tertiary/aromatic N) is 2. The van der Waals surface area contributed by atoms with Gasteiger partial charge in [-0.1, -0.05) is 18.2 Å². The lowest BCUT2D eigenvalue weighted by Crippen LogP contribution is -2.52. The van der Waals surface area contributed by atoms with Crippen LogP contribution in [0.5, 0.6) is 0 Å². The van der Waals surface area contributed by atoms with Gasteiger partial charge in [0, 0.05) is 49.6 Å². The second kappa shape index (κ2) is 7.94. The minimum absolute atomic E-state index is 0.113. The van der Waals surface area contributed by atoms with Crippen LogP contribution in [0.3, 0.4) is 0 Å². The van der Waals surface area contributed by atoms with Crippen LogP contribution in [0.25, 0.3) is 0 Å². The minimum Gasteiger partial charge on any atom is -0.322 e. The van der Waals surface area contributed by atoms with Crippen LogP contribution < -0.4 is 10.6 Å². The number of rotatable bonds is 4. The van der Waals surface area contributed by atoms with Crippen molar-refractivity contribution in [2.75, 3.05) is 19.6 Å². The number of imide groups is 1. The van der Waals surface area contributed by atoms with Crippen molar-refractivity contribution >= 4 is 29.1 Å². The van der Waals surface area contributed by atoms with Gasteiger partial charge >= 0.3 is 0 Å². The fourth-order valence-electron chi connectivity index (χ4n) is 4.59. The van der Waals surface area contributed by atoms with Gasteiger partial charge in [-0.3, -0.25) is 24.6 Å². The Labute approximate surface area is 179 Å². The number of piperazine rings is 1. The molecule has 2 N–H and O–H groups in total. The number of nitrogens with one attached hydrogen (secondary N) is 2. The van der Waals surface area contributed by atoms with E-state index in [1.165, 1.54) is 4.88 Å². The number of benzene rings is 1. The van der Waals surface area contributed by atoms with Gasteiger partial charge in [0.25, 0.3) is 5.91 Å². The molecule has 2 saturated heterocycles. The van der Waals surface area contributed by atoms with Crippen LogP contribution in [0.4, 0.5) is 0 Å². The molecule has 2 unspecified atom stereocenters. The number of fused-ring (bicyclic) bond motifs is 1. The number of amides is 3. The highest BCUT2D eigenvalue weighted by atomic mass is 32.1. The SMILES string of the molecule is O=C1CCC(N2Cc3ccc(CN4CCNC(c5cccs5)C4)cc3C2=O)C(=O)N1. The number of carbonyl (C=O) groups is 3. The molecule has 0 bridgehead atoms. The Morgan fingerprint density at radius 2 is 2.07 bits per heavy atom. The lowest BCUT2D eigenvalue weighted by atomic mass is 10.0. The van der Waals surface area contributed by atoms with Gasteiger partial charge < -0.3 is 10.2 Å². The van der Waals surface area contributed by atoms with Crippen molar-refractivity contribution in [1.82, 2.24) is 20.4 Å². The Hall–Kier alpha value is -2.55. The maximum absolute atomic E-state index is 13.0. The van der Waals surface area contributed by atoms with E-state index in [9.17, 15) is 14.4 Å². The zero-order chi connectivity index (χ0) is 20.7. The third-order valence-corrected chi connectivity index (χ3v) is 7.13. The van der Waals surface area contributed by atoms with Crippen molar-refractivity contribution in [3.8, 4) is 0 Å². The quantitative estimate of drug-likeness (QED) is 0.730. The fourth-order valence-corrected chi connectivity index (χ4v) is 5.39. The van der Waals surface area contributed by atoms with Crippen molar-refractivity contribution in [2.24, 2.45) is 0 Å². The molecule has 8 heteroatoms. The number of hydrogen-bond acceptors (Lipinski definition) is 6. The second-order valence-electron chi connectivity index (χ2n) is 8.15. The first-order chi connectivity index (χ1) is 14.6. The highest BCUT2D eigenvalue weighted by molar-refractivity contribution is 7.10. The van der Waals surface area contributed by atoms with Crippen LogP contribution in [0.1, 0.15) is 45.2 Å². The Morgan fingerprint density at radius 3 is 2.87 bits per heavy atom. The molecule has 3 aliphatic rings. The third-order valence-electron chi connectivity index (χ3n) is 6.14. The van der Waals surface area contributed by atoms with Crippen LogP contribution >= 0.6 is 11.3 Å². The average molecular weight is 425 g/mol. The summed E-state index contributed by atoms with van der Waals surface area (Å²) in [6.45, 7) is 4.07. The predicted octanol–water partition coefficient (Wildman–Crippen LogP) is 1.66. The Bertz CT molecular complexity index is 990. The normalized spacial score (nSPS) is 24.8. The van der Waals surface area contributed by atoms with Gasteiger partial charge in [-0.15, -0.1) is 11.3 Å². The van der Waals surface area contributed by atoms with Gasteiger partial charge in [0.05, 0.1) is 6.04 Å². The minimum atomic E-state index is -0.564. The maximum atomic E-state index is 13.0. The Kier molecular flexibility index (Phi) is 5.14. The van der Waals surface area contributed by atoms with E-state index >= 15 is 0 Å². The van der Waals surface area contributed by atoms with Gasteiger partial charge in [-0.2, -0.15) is 0 Å². The number of thiophene rings is 1. The summed E-state index contributed by atoms with van der Waals surface area (Å²) in [7, 11) is 0. The number of carbonyl (C=O) groups excluding carboxylic acids is 3. The molecule has 0 radical (unpaired) electrons. The predicted molar refractivity (Wildman–Crippen MR) is 113 cm³/mol. The largest absolute Gasteiger partial charge is 0.322 e. The molecule has 4 heterocycles. The first kappa shape index (κ1) is 19.4. The van der Waals surface area contributed by atoms with E-state index in [0.29, 0.717) is 24.6 Å². The summed E-state index contributed by atoms with van der Waals surface area (Å²) in [6, 6.07) is 10.1. The molecule has 156 valence electrons. The van der Waals surface area contributed by atoms with Crippen LogP contribution in [-0.2, 0) is 22.7 Å². The molecule has 2 atom stereocenters. The lowest BCUT2D eigenvalue weighted by Gasteiger charge is -2.33. The molecule has 3 amide bonds. The van der Waals surface area contributed by atoms with E-state index in [1.807, 2.05) is 12.1 Å². The molecule has 2 fully saturated rings. The first-order valence-electron chi connectivity index (χ1n) is 10.3. The van der Waals surface area contributed by atoms with E-state index < -0.39 is 6.04 Å². The summed E-state index contributed by atoms with van der Waals surface area (Å²) in [4.78, 5) is 42.0. The van der Waals surface area contributed by atoms with E-state index in [4.69, 9.17) is 0 Å². The first-order valence-corrected chi connectivity index (χ1v) is 11.2. The number of hydrogen-bond donors (Lipinski definition) is 2. The summed E-state index contributed by atoms with van der Waals surface area (Å²) in [5, 5.41) is 8.04.